The summed E-state index contributed by atoms with van der Waals surface area (Å²) in [6.45, 7) is 5.36. The largest absolute Gasteiger partial charge is 0.478 e. The molecule has 0 bridgehead atoms. The summed E-state index contributed by atoms with van der Waals surface area (Å²) in [5.74, 6) is -2.12. The predicted molar refractivity (Wildman–Crippen MR) is 72.2 cm³/mol. The molecule has 0 aromatic heterocycles. The second kappa shape index (κ2) is 6.18. The smallest absolute Gasteiger partial charge is 0.332 e. The fourth-order valence-corrected chi connectivity index (χ4v) is 1.95. The number of carbonyl (C=O) groups is 2. The van der Waals surface area contributed by atoms with E-state index in [-0.39, 0.29) is 23.5 Å². The maximum absolute atomic E-state index is 11.2. The Kier molecular flexibility index (Phi) is 4.87. The lowest BCUT2D eigenvalue weighted by molar-refractivity contribution is -0.136. The average molecular weight is 262 g/mol. The van der Waals surface area contributed by atoms with Gasteiger partial charge in [0.2, 0.25) is 0 Å². The van der Waals surface area contributed by atoms with Crippen molar-refractivity contribution in [2.45, 2.75) is 33.1 Å². The quantitative estimate of drug-likeness (QED) is 0.800. The van der Waals surface area contributed by atoms with Gasteiger partial charge in [-0.3, -0.25) is 0 Å². The van der Waals surface area contributed by atoms with Gasteiger partial charge in [-0.15, -0.1) is 0 Å². The van der Waals surface area contributed by atoms with Crippen molar-refractivity contribution in [2.75, 3.05) is 0 Å². The van der Waals surface area contributed by atoms with Crippen LogP contribution in [0.1, 0.15) is 37.8 Å². The summed E-state index contributed by atoms with van der Waals surface area (Å²) < 4.78 is 0. The normalized spacial score (nSPS) is 12.2. The SMILES string of the molecule is C/C(C(=O)O)=C(/Cc1ccccc1C(C)C)C(=O)O. The van der Waals surface area contributed by atoms with Crippen LogP contribution in [-0.2, 0) is 16.0 Å². The first kappa shape index (κ1) is 15.0. The van der Waals surface area contributed by atoms with Crippen LogP contribution in [0.15, 0.2) is 35.4 Å². The summed E-state index contributed by atoms with van der Waals surface area (Å²) >= 11 is 0. The molecule has 0 saturated carbocycles. The molecule has 1 rings (SSSR count). The maximum Gasteiger partial charge on any atom is 0.332 e. The van der Waals surface area contributed by atoms with Gasteiger partial charge in [0.05, 0.1) is 5.57 Å². The highest BCUT2D eigenvalue weighted by Crippen LogP contribution is 2.23. The van der Waals surface area contributed by atoms with E-state index in [0.29, 0.717) is 0 Å². The lowest BCUT2D eigenvalue weighted by Crippen LogP contribution is -2.12. The molecule has 0 fully saturated rings. The number of carboxylic acids is 2. The van der Waals surface area contributed by atoms with E-state index >= 15 is 0 Å². The van der Waals surface area contributed by atoms with Crippen molar-refractivity contribution in [1.29, 1.82) is 0 Å². The minimum Gasteiger partial charge on any atom is -0.478 e. The van der Waals surface area contributed by atoms with Crippen LogP contribution in [-0.4, -0.2) is 22.2 Å². The van der Waals surface area contributed by atoms with E-state index in [1.165, 1.54) is 6.92 Å². The van der Waals surface area contributed by atoms with Gasteiger partial charge in [-0.1, -0.05) is 38.1 Å². The summed E-state index contributed by atoms with van der Waals surface area (Å²) in [7, 11) is 0. The van der Waals surface area contributed by atoms with Gasteiger partial charge in [0, 0.05) is 12.0 Å². The monoisotopic (exact) mass is 262 g/mol. The van der Waals surface area contributed by atoms with Crippen molar-refractivity contribution in [2.24, 2.45) is 0 Å². The molecular formula is C15H18O4. The van der Waals surface area contributed by atoms with Crippen LogP contribution in [0.5, 0.6) is 0 Å². The third-order valence-corrected chi connectivity index (χ3v) is 3.08. The van der Waals surface area contributed by atoms with Crippen LogP contribution in [0.3, 0.4) is 0 Å². The summed E-state index contributed by atoms with van der Waals surface area (Å²) in [5.41, 5.74) is 1.71. The molecule has 0 aliphatic rings. The molecule has 0 unspecified atom stereocenters. The molecule has 0 aliphatic heterocycles. The Morgan fingerprint density at radius 3 is 2.16 bits per heavy atom. The molecule has 0 saturated heterocycles. The second-order valence-corrected chi connectivity index (χ2v) is 4.74. The van der Waals surface area contributed by atoms with Crippen LogP contribution in [0, 0.1) is 0 Å². The molecule has 1 aromatic carbocycles. The van der Waals surface area contributed by atoms with E-state index in [1.54, 1.807) is 0 Å². The number of rotatable bonds is 5. The fourth-order valence-electron chi connectivity index (χ4n) is 1.95. The molecule has 19 heavy (non-hydrogen) atoms. The zero-order valence-corrected chi connectivity index (χ0v) is 11.3. The van der Waals surface area contributed by atoms with Crippen LogP contribution in [0.4, 0.5) is 0 Å². The third-order valence-electron chi connectivity index (χ3n) is 3.08. The van der Waals surface area contributed by atoms with Crippen molar-refractivity contribution in [3.05, 3.63) is 46.5 Å². The number of hydrogen-bond donors (Lipinski definition) is 2. The average Bonchev–Trinajstić information content (AvgIpc) is 2.34. The van der Waals surface area contributed by atoms with Gasteiger partial charge >= 0.3 is 11.9 Å². The van der Waals surface area contributed by atoms with Gasteiger partial charge in [0.25, 0.3) is 0 Å². The van der Waals surface area contributed by atoms with Gasteiger partial charge in [0.1, 0.15) is 0 Å². The highest BCUT2D eigenvalue weighted by molar-refractivity contribution is 5.98. The van der Waals surface area contributed by atoms with Crippen molar-refractivity contribution in [1.82, 2.24) is 0 Å². The summed E-state index contributed by atoms with van der Waals surface area (Å²) in [6, 6.07) is 7.51. The van der Waals surface area contributed by atoms with Crippen LogP contribution < -0.4 is 0 Å². The standard InChI is InChI=1S/C15H18O4/c1-9(2)12-7-5-4-6-11(12)8-13(15(18)19)10(3)14(16)17/h4-7,9H,8H2,1-3H3,(H,16,17)(H,18,19)/b13-10+. The molecule has 102 valence electrons. The van der Waals surface area contributed by atoms with E-state index in [0.717, 1.165) is 11.1 Å². The lowest BCUT2D eigenvalue weighted by atomic mass is 9.91. The Bertz CT molecular complexity index is 527. The van der Waals surface area contributed by atoms with E-state index < -0.39 is 11.9 Å². The van der Waals surface area contributed by atoms with Gasteiger partial charge in [0.15, 0.2) is 0 Å². The van der Waals surface area contributed by atoms with Crippen molar-refractivity contribution < 1.29 is 19.8 Å². The van der Waals surface area contributed by atoms with Gasteiger partial charge in [-0.05, 0) is 24.0 Å². The third kappa shape index (κ3) is 3.68. The molecule has 4 nitrogen and oxygen atoms in total. The second-order valence-electron chi connectivity index (χ2n) is 4.74. The van der Waals surface area contributed by atoms with Crippen molar-refractivity contribution in [3.63, 3.8) is 0 Å². The van der Waals surface area contributed by atoms with E-state index in [4.69, 9.17) is 10.2 Å². The van der Waals surface area contributed by atoms with E-state index in [2.05, 4.69) is 0 Å². The highest BCUT2D eigenvalue weighted by atomic mass is 16.4. The van der Waals surface area contributed by atoms with Gasteiger partial charge < -0.3 is 10.2 Å². The number of hydrogen-bond acceptors (Lipinski definition) is 2. The first-order valence-electron chi connectivity index (χ1n) is 6.08. The molecule has 0 amide bonds. The maximum atomic E-state index is 11.2. The van der Waals surface area contributed by atoms with Gasteiger partial charge in [-0.25, -0.2) is 9.59 Å². The molecule has 0 spiro atoms. The zero-order chi connectivity index (χ0) is 14.6. The summed E-state index contributed by atoms with van der Waals surface area (Å²) in [6.07, 6.45) is 0.127. The fraction of sp³-hybridized carbons (Fsp3) is 0.333. The number of aliphatic carboxylic acids is 2. The van der Waals surface area contributed by atoms with E-state index in [9.17, 15) is 9.59 Å². The Morgan fingerprint density at radius 2 is 1.68 bits per heavy atom. The Hall–Kier alpha value is -2.10. The Labute approximate surface area is 112 Å². The molecule has 0 radical (unpaired) electrons. The molecule has 0 heterocycles. The first-order chi connectivity index (χ1) is 8.84. The molecular weight excluding hydrogens is 244 g/mol. The molecule has 0 atom stereocenters. The predicted octanol–water partition coefficient (Wildman–Crippen LogP) is 2.84. The van der Waals surface area contributed by atoms with E-state index in [1.807, 2.05) is 38.1 Å². The molecule has 0 aliphatic carbocycles. The van der Waals surface area contributed by atoms with Crippen molar-refractivity contribution in [3.8, 4) is 0 Å². The zero-order valence-electron chi connectivity index (χ0n) is 11.3. The van der Waals surface area contributed by atoms with Crippen LogP contribution >= 0.6 is 0 Å². The topological polar surface area (TPSA) is 74.6 Å². The van der Waals surface area contributed by atoms with Crippen molar-refractivity contribution >= 4 is 11.9 Å². The minimum atomic E-state index is -1.19. The van der Waals surface area contributed by atoms with Crippen LogP contribution in [0.25, 0.3) is 0 Å². The number of benzene rings is 1. The Morgan fingerprint density at radius 1 is 1.11 bits per heavy atom. The molecule has 4 heteroatoms. The number of carboxylic acid groups (broad SMARTS) is 2. The first-order valence-corrected chi connectivity index (χ1v) is 6.08. The van der Waals surface area contributed by atoms with Crippen LogP contribution in [0.2, 0.25) is 0 Å². The van der Waals surface area contributed by atoms with Gasteiger partial charge in [-0.2, -0.15) is 0 Å². The minimum absolute atomic E-state index is 0.0689. The molecule has 1 aromatic rings. The molecule has 2 N–H and O–H groups in total. The summed E-state index contributed by atoms with van der Waals surface area (Å²) in [5, 5.41) is 18.1. The lowest BCUT2D eigenvalue weighted by Gasteiger charge is -2.13. The Balaban J connectivity index is 3.23. The summed E-state index contributed by atoms with van der Waals surface area (Å²) in [4.78, 5) is 22.1. The highest BCUT2D eigenvalue weighted by Gasteiger charge is 2.18.